The SMILES string of the molecule is NC(N)=O.[SiH4].c1c[nH]nn1.c1c[nH]nn1.c1c[nH]nn1.c1c[nH]nn1. The number of urea groups is 1. The van der Waals surface area contributed by atoms with Gasteiger partial charge in [0, 0.05) is 24.8 Å². The smallest absolute Gasteiger partial charge is 0.309 e. The Kier molecular flexibility index (Phi) is 18.7. The molecule has 4 heterocycles. The molecule has 4 aromatic heterocycles. The van der Waals surface area contributed by atoms with Crippen LogP contribution in [0.15, 0.2) is 49.6 Å². The molecule has 0 atom stereocenters. The second-order valence-corrected chi connectivity index (χ2v) is 3.04. The van der Waals surface area contributed by atoms with Crippen LogP contribution in [0.3, 0.4) is 0 Å². The molecule has 0 saturated carbocycles. The monoisotopic (exact) mass is 368 g/mol. The summed E-state index contributed by atoms with van der Waals surface area (Å²) in [4.78, 5) is 9.00. The number of nitrogens with two attached hydrogens (primary N) is 2. The Labute approximate surface area is 145 Å². The summed E-state index contributed by atoms with van der Waals surface area (Å²) >= 11 is 0. The molecule has 0 aliphatic carbocycles. The summed E-state index contributed by atoms with van der Waals surface area (Å²) in [7, 11) is 0. The van der Waals surface area contributed by atoms with Crippen LogP contribution in [0.4, 0.5) is 4.79 Å². The van der Waals surface area contributed by atoms with Gasteiger partial charge in [-0.15, -0.1) is 20.4 Å². The minimum Gasteiger partial charge on any atom is -0.352 e. The van der Waals surface area contributed by atoms with Crippen LogP contribution in [-0.4, -0.2) is 78.6 Å². The third kappa shape index (κ3) is 25.4. The van der Waals surface area contributed by atoms with Crippen molar-refractivity contribution in [2.24, 2.45) is 11.5 Å². The summed E-state index contributed by atoms with van der Waals surface area (Å²) in [6.07, 6.45) is 12.9. The minimum atomic E-state index is -0.833. The first kappa shape index (κ1) is 23.3. The Hall–Kier alpha value is -3.95. The van der Waals surface area contributed by atoms with Crippen molar-refractivity contribution in [3.05, 3.63) is 49.6 Å². The van der Waals surface area contributed by atoms with Crippen LogP contribution in [-0.2, 0) is 0 Å². The zero-order valence-electron chi connectivity index (χ0n) is 12.3. The van der Waals surface area contributed by atoms with Gasteiger partial charge in [0.2, 0.25) is 0 Å². The maximum Gasteiger partial charge on any atom is 0.309 e. The van der Waals surface area contributed by atoms with Crippen molar-refractivity contribution in [2.75, 3.05) is 0 Å². The molecule has 0 saturated heterocycles. The summed E-state index contributed by atoms with van der Waals surface area (Å²) in [5.41, 5.74) is 8.50. The van der Waals surface area contributed by atoms with Gasteiger partial charge in [0.25, 0.3) is 0 Å². The molecule has 0 fully saturated rings. The molecule has 0 aliphatic heterocycles. The molecule has 16 heteroatoms. The van der Waals surface area contributed by atoms with E-state index in [1.165, 1.54) is 0 Å². The first-order valence-electron chi connectivity index (χ1n) is 6.00. The predicted molar refractivity (Wildman–Crippen MR) is 90.6 cm³/mol. The van der Waals surface area contributed by atoms with Crippen LogP contribution in [0.2, 0.25) is 0 Å². The van der Waals surface area contributed by atoms with E-state index >= 15 is 0 Å². The Morgan fingerprint density at radius 2 is 0.800 bits per heavy atom. The average molecular weight is 368 g/mol. The maximum absolute atomic E-state index is 9.00. The lowest BCUT2D eigenvalue weighted by Gasteiger charge is -1.62. The van der Waals surface area contributed by atoms with E-state index < -0.39 is 6.03 Å². The highest BCUT2D eigenvalue weighted by Crippen LogP contribution is 1.57. The topological polar surface area (TPSA) is 235 Å². The predicted octanol–water partition coefficient (Wildman–Crippen LogP) is -3.21. The summed E-state index contributed by atoms with van der Waals surface area (Å²) in [5.74, 6) is 0. The molecular weight excluding hydrogens is 348 g/mol. The van der Waals surface area contributed by atoms with E-state index in [2.05, 4.69) is 73.1 Å². The second kappa shape index (κ2) is 20.0. The van der Waals surface area contributed by atoms with Crippen molar-refractivity contribution < 1.29 is 4.79 Å². The van der Waals surface area contributed by atoms with Gasteiger partial charge in [-0.3, -0.25) is 20.4 Å². The molecule has 0 unspecified atom stereocenters. The number of carbonyl (C=O) groups excluding carboxylic acids is 1. The maximum atomic E-state index is 9.00. The lowest BCUT2D eigenvalue weighted by atomic mass is 11.0. The fourth-order valence-corrected chi connectivity index (χ4v) is 0.667. The highest BCUT2D eigenvalue weighted by molar-refractivity contribution is 5.75. The Balaban J connectivity index is 0. The van der Waals surface area contributed by atoms with Gasteiger partial charge in [0.15, 0.2) is 0 Å². The van der Waals surface area contributed by atoms with E-state index in [9.17, 15) is 0 Å². The Bertz CT molecular complexity index is 444. The van der Waals surface area contributed by atoms with Gasteiger partial charge in [0.1, 0.15) is 0 Å². The zero-order valence-corrected chi connectivity index (χ0v) is 12.3. The summed E-state index contributed by atoms with van der Waals surface area (Å²) in [6, 6.07) is -0.833. The molecule has 0 bridgehead atoms. The van der Waals surface area contributed by atoms with Gasteiger partial charge < -0.3 is 11.5 Å². The number of aromatic nitrogens is 12. The van der Waals surface area contributed by atoms with E-state index in [1.807, 2.05) is 0 Å². The molecule has 0 aliphatic rings. The van der Waals surface area contributed by atoms with Gasteiger partial charge in [-0.2, -0.15) is 0 Å². The number of amides is 2. The number of hydrogen-bond donors (Lipinski definition) is 6. The van der Waals surface area contributed by atoms with Crippen molar-refractivity contribution in [3.8, 4) is 0 Å². The van der Waals surface area contributed by atoms with Crippen LogP contribution in [0.1, 0.15) is 0 Å². The summed E-state index contributed by atoms with van der Waals surface area (Å²) in [5, 5.41) is 37.1. The van der Waals surface area contributed by atoms with E-state index in [1.54, 1.807) is 49.6 Å². The number of nitrogens with one attached hydrogen (secondary N) is 4. The Morgan fingerprint density at radius 3 is 0.840 bits per heavy atom. The van der Waals surface area contributed by atoms with Gasteiger partial charge in [-0.25, -0.2) is 4.79 Å². The lowest BCUT2D eigenvalue weighted by Crippen LogP contribution is -2.18. The molecule has 15 nitrogen and oxygen atoms in total. The molecule has 2 amide bonds. The molecule has 0 radical (unpaired) electrons. The molecule has 8 N–H and O–H groups in total. The fourth-order valence-electron chi connectivity index (χ4n) is 0.667. The van der Waals surface area contributed by atoms with Gasteiger partial charge in [-0.05, 0) is 11.0 Å². The number of nitrogens with zero attached hydrogens (tertiary/aromatic N) is 8. The van der Waals surface area contributed by atoms with Crippen LogP contribution in [0, 0.1) is 0 Å². The van der Waals surface area contributed by atoms with Crippen LogP contribution < -0.4 is 11.5 Å². The molecule has 136 valence electrons. The molecular formula is C9H20N14OSi. The minimum absolute atomic E-state index is 0. The van der Waals surface area contributed by atoms with E-state index in [-0.39, 0.29) is 11.0 Å². The standard InChI is InChI=1S/4C2H3N3.CH4N2O.H4Si/c4*1-2-4-5-3-1;2-1(3)4;/h4*1-2H,(H,3,4,5);(H4,2,3,4);1H4. The third-order valence-corrected chi connectivity index (χ3v) is 1.32. The number of aromatic amines is 4. The molecule has 0 aromatic carbocycles. The summed E-state index contributed by atoms with van der Waals surface area (Å²) < 4.78 is 0. The van der Waals surface area contributed by atoms with E-state index in [4.69, 9.17) is 4.79 Å². The Morgan fingerprint density at radius 1 is 0.600 bits per heavy atom. The molecule has 0 spiro atoms. The van der Waals surface area contributed by atoms with Crippen LogP contribution in [0.5, 0.6) is 0 Å². The molecule has 4 rings (SSSR count). The first-order valence-corrected chi connectivity index (χ1v) is 6.00. The van der Waals surface area contributed by atoms with Crippen molar-refractivity contribution in [1.82, 2.24) is 61.6 Å². The van der Waals surface area contributed by atoms with E-state index in [0.29, 0.717) is 0 Å². The second-order valence-electron chi connectivity index (χ2n) is 3.04. The zero-order chi connectivity index (χ0) is 17.7. The lowest BCUT2D eigenvalue weighted by molar-refractivity contribution is 0.256. The highest BCUT2D eigenvalue weighted by Gasteiger charge is 1.61. The quantitative estimate of drug-likeness (QED) is 0.171. The highest BCUT2D eigenvalue weighted by atomic mass is 28.1. The largest absolute Gasteiger partial charge is 0.352 e. The number of rotatable bonds is 0. The van der Waals surface area contributed by atoms with Crippen molar-refractivity contribution in [1.29, 1.82) is 0 Å². The third-order valence-electron chi connectivity index (χ3n) is 1.32. The molecule has 25 heavy (non-hydrogen) atoms. The van der Waals surface area contributed by atoms with Gasteiger partial charge in [0.05, 0.1) is 24.8 Å². The number of H-pyrrole nitrogens is 4. The van der Waals surface area contributed by atoms with E-state index in [0.717, 1.165) is 0 Å². The normalized spacial score (nSPS) is 7.36. The molecule has 4 aromatic rings. The first-order chi connectivity index (χ1) is 11.7. The number of carbonyl (C=O) groups is 1. The van der Waals surface area contributed by atoms with Crippen molar-refractivity contribution >= 4 is 17.0 Å². The van der Waals surface area contributed by atoms with Crippen LogP contribution in [0.25, 0.3) is 0 Å². The van der Waals surface area contributed by atoms with Crippen molar-refractivity contribution in [3.63, 3.8) is 0 Å². The van der Waals surface area contributed by atoms with Gasteiger partial charge >= 0.3 is 6.03 Å². The fraction of sp³-hybridized carbons (Fsp3) is 0. The average Bonchev–Trinajstić information content (AvgIpc) is 3.46. The number of hydrogen-bond acceptors (Lipinski definition) is 9. The van der Waals surface area contributed by atoms with Gasteiger partial charge in [-0.1, -0.05) is 20.9 Å². The number of primary amides is 2. The van der Waals surface area contributed by atoms with Crippen LogP contribution >= 0.6 is 0 Å². The van der Waals surface area contributed by atoms with Crippen molar-refractivity contribution in [2.45, 2.75) is 0 Å². The summed E-state index contributed by atoms with van der Waals surface area (Å²) in [6.45, 7) is 0.